The molecule has 1 saturated heterocycles. The van der Waals surface area contributed by atoms with Gasteiger partial charge >= 0.3 is 18.0 Å². The summed E-state index contributed by atoms with van der Waals surface area (Å²) in [5, 5.41) is 2.60. The Bertz CT molecular complexity index is 1190. The lowest BCUT2D eigenvalue weighted by atomic mass is 10.1. The SMILES string of the molecule is CCOC(=O)[C@@H](C)Oc1c(Cl)cc(/C=C2\NC(=O)N(Cc3ccc(C(=O)OC)o3)C2=O)cc1OC. The molecule has 0 aliphatic carbocycles. The largest absolute Gasteiger partial charge is 0.493 e. The van der Waals surface area contributed by atoms with Gasteiger partial charge in [-0.3, -0.25) is 9.69 Å². The van der Waals surface area contributed by atoms with Crippen LogP contribution in [-0.4, -0.2) is 55.7 Å². The molecule has 0 bridgehead atoms. The van der Waals surface area contributed by atoms with Crippen LogP contribution in [0, 0.1) is 0 Å². The van der Waals surface area contributed by atoms with Gasteiger partial charge in [0.05, 0.1) is 32.4 Å². The normalized spacial score (nSPS) is 15.1. The van der Waals surface area contributed by atoms with Gasteiger partial charge in [0.15, 0.2) is 17.6 Å². The lowest BCUT2D eigenvalue weighted by Crippen LogP contribution is -2.30. The highest BCUT2D eigenvalue weighted by molar-refractivity contribution is 6.32. The minimum Gasteiger partial charge on any atom is -0.493 e. The molecule has 35 heavy (non-hydrogen) atoms. The lowest BCUT2D eigenvalue weighted by molar-refractivity contribution is -0.150. The van der Waals surface area contributed by atoms with E-state index in [0.717, 1.165) is 4.90 Å². The third-order valence-electron chi connectivity index (χ3n) is 4.80. The average Bonchev–Trinajstić information content (AvgIpc) is 3.40. The number of nitrogens with one attached hydrogen (secondary N) is 1. The van der Waals surface area contributed by atoms with Gasteiger partial charge in [0.2, 0.25) is 5.76 Å². The van der Waals surface area contributed by atoms with E-state index in [2.05, 4.69) is 10.1 Å². The highest BCUT2D eigenvalue weighted by Crippen LogP contribution is 2.38. The van der Waals surface area contributed by atoms with Crippen molar-refractivity contribution in [2.45, 2.75) is 26.5 Å². The van der Waals surface area contributed by atoms with Crippen LogP contribution < -0.4 is 14.8 Å². The third kappa shape index (κ3) is 5.75. The number of nitrogens with zero attached hydrogens (tertiary/aromatic N) is 1. The van der Waals surface area contributed by atoms with Gasteiger partial charge in [0.25, 0.3) is 5.91 Å². The van der Waals surface area contributed by atoms with Gasteiger partial charge in [-0.15, -0.1) is 0 Å². The maximum atomic E-state index is 12.8. The summed E-state index contributed by atoms with van der Waals surface area (Å²) >= 11 is 6.35. The van der Waals surface area contributed by atoms with Crippen LogP contribution in [-0.2, 0) is 25.6 Å². The monoisotopic (exact) mass is 506 g/mol. The smallest absolute Gasteiger partial charge is 0.373 e. The lowest BCUT2D eigenvalue weighted by Gasteiger charge is -2.17. The van der Waals surface area contributed by atoms with Gasteiger partial charge in [-0.05, 0) is 49.8 Å². The Hall–Kier alpha value is -3.99. The highest BCUT2D eigenvalue weighted by atomic mass is 35.5. The summed E-state index contributed by atoms with van der Waals surface area (Å²) in [7, 11) is 2.60. The molecule has 1 fully saturated rings. The van der Waals surface area contributed by atoms with Crippen LogP contribution in [0.15, 0.2) is 34.4 Å². The Balaban J connectivity index is 1.80. The molecular weight excluding hydrogens is 484 g/mol. The number of ether oxygens (including phenoxy) is 4. The first-order chi connectivity index (χ1) is 16.7. The topological polar surface area (TPSA) is 134 Å². The zero-order valence-electron chi connectivity index (χ0n) is 19.4. The molecule has 2 heterocycles. The summed E-state index contributed by atoms with van der Waals surface area (Å²) in [6.45, 7) is 3.20. The van der Waals surface area contributed by atoms with Gasteiger partial charge in [-0.25, -0.2) is 14.4 Å². The summed E-state index contributed by atoms with van der Waals surface area (Å²) in [4.78, 5) is 49.5. The second kappa shape index (κ2) is 11.0. The maximum absolute atomic E-state index is 12.8. The minimum atomic E-state index is -0.934. The van der Waals surface area contributed by atoms with Crippen LogP contribution in [0.4, 0.5) is 4.79 Å². The predicted octanol–water partition coefficient (Wildman–Crippen LogP) is 3.15. The van der Waals surface area contributed by atoms with Crippen molar-refractivity contribution in [2.75, 3.05) is 20.8 Å². The standard InChI is InChI=1S/C23H23ClN2O9/c1-5-33-21(28)12(2)34-19-15(24)8-13(10-18(19)31-3)9-16-20(27)26(23(30)25-16)11-14-6-7-17(35-14)22(29)32-4/h6-10,12H,5,11H2,1-4H3,(H,25,30)/b16-9-/t12-/m1/s1. The summed E-state index contributed by atoms with van der Waals surface area (Å²) in [5.74, 6) is -1.35. The van der Waals surface area contributed by atoms with E-state index in [0.29, 0.717) is 5.56 Å². The van der Waals surface area contributed by atoms with Crippen LogP contribution in [0.3, 0.4) is 0 Å². The summed E-state index contributed by atoms with van der Waals surface area (Å²) in [6, 6.07) is 5.20. The number of urea groups is 1. The van der Waals surface area contributed by atoms with E-state index >= 15 is 0 Å². The van der Waals surface area contributed by atoms with Gasteiger partial charge < -0.3 is 28.7 Å². The van der Waals surface area contributed by atoms with E-state index in [1.54, 1.807) is 6.92 Å². The number of imide groups is 1. The van der Waals surface area contributed by atoms with E-state index < -0.39 is 30.0 Å². The van der Waals surface area contributed by atoms with Crippen molar-refractivity contribution in [3.63, 3.8) is 0 Å². The highest BCUT2D eigenvalue weighted by Gasteiger charge is 2.34. The quantitative estimate of drug-likeness (QED) is 0.309. The van der Waals surface area contributed by atoms with E-state index in [4.69, 9.17) is 30.2 Å². The first-order valence-electron chi connectivity index (χ1n) is 10.4. The number of benzene rings is 1. The molecule has 0 spiro atoms. The van der Waals surface area contributed by atoms with Crippen LogP contribution in [0.5, 0.6) is 11.5 Å². The van der Waals surface area contributed by atoms with Crippen molar-refractivity contribution in [1.82, 2.24) is 10.2 Å². The van der Waals surface area contributed by atoms with Gasteiger partial charge in [0.1, 0.15) is 11.5 Å². The maximum Gasteiger partial charge on any atom is 0.373 e. The molecule has 3 amide bonds. The molecule has 1 aromatic carbocycles. The van der Waals surface area contributed by atoms with Crippen LogP contribution in [0.25, 0.3) is 6.08 Å². The molecule has 0 unspecified atom stereocenters. The summed E-state index contributed by atoms with van der Waals surface area (Å²) in [6.07, 6.45) is 0.478. The van der Waals surface area contributed by atoms with Gasteiger partial charge in [-0.2, -0.15) is 0 Å². The van der Waals surface area contributed by atoms with Crippen molar-refractivity contribution in [1.29, 1.82) is 0 Å². The molecule has 2 aromatic rings. The minimum absolute atomic E-state index is 0.0126. The number of carbonyl (C=O) groups is 4. The van der Waals surface area contributed by atoms with Gasteiger partial charge in [0, 0.05) is 0 Å². The third-order valence-corrected chi connectivity index (χ3v) is 5.08. The molecule has 1 aliphatic heterocycles. The van der Waals surface area contributed by atoms with Crippen LogP contribution in [0.2, 0.25) is 5.02 Å². The number of furan rings is 1. The van der Waals surface area contributed by atoms with E-state index in [9.17, 15) is 19.2 Å². The van der Waals surface area contributed by atoms with E-state index in [-0.39, 0.29) is 46.9 Å². The Morgan fingerprint density at radius 2 is 1.97 bits per heavy atom. The number of hydrogen-bond acceptors (Lipinski definition) is 9. The Morgan fingerprint density at radius 1 is 1.23 bits per heavy atom. The molecule has 12 heteroatoms. The first kappa shape index (κ1) is 25.6. The average molecular weight is 507 g/mol. The Kier molecular flexibility index (Phi) is 8.02. The van der Waals surface area contributed by atoms with Crippen molar-refractivity contribution < 1.29 is 42.5 Å². The summed E-state index contributed by atoms with van der Waals surface area (Å²) < 4.78 is 25.8. The molecule has 1 atom stereocenters. The molecule has 0 radical (unpaired) electrons. The number of halogens is 1. The fourth-order valence-electron chi connectivity index (χ4n) is 3.13. The number of amides is 3. The molecule has 3 rings (SSSR count). The zero-order chi connectivity index (χ0) is 25.7. The number of methoxy groups -OCH3 is 2. The molecule has 1 aromatic heterocycles. The second-order valence-corrected chi connectivity index (χ2v) is 7.59. The fourth-order valence-corrected chi connectivity index (χ4v) is 3.40. The molecule has 11 nitrogen and oxygen atoms in total. The number of rotatable bonds is 9. The number of esters is 2. The number of hydrogen-bond donors (Lipinski definition) is 1. The Labute approximate surface area is 205 Å². The molecule has 0 saturated carbocycles. The van der Waals surface area contributed by atoms with Crippen molar-refractivity contribution in [3.8, 4) is 11.5 Å². The van der Waals surface area contributed by atoms with Crippen molar-refractivity contribution in [3.05, 3.63) is 52.1 Å². The number of carbonyl (C=O) groups excluding carboxylic acids is 4. The van der Waals surface area contributed by atoms with Crippen molar-refractivity contribution >= 4 is 41.6 Å². The zero-order valence-corrected chi connectivity index (χ0v) is 20.1. The summed E-state index contributed by atoms with van der Waals surface area (Å²) in [5.41, 5.74) is 0.417. The first-order valence-corrected chi connectivity index (χ1v) is 10.8. The van der Waals surface area contributed by atoms with Crippen LogP contribution >= 0.6 is 11.6 Å². The molecule has 186 valence electrons. The molecule has 1 N–H and O–H groups in total. The second-order valence-electron chi connectivity index (χ2n) is 7.18. The Morgan fingerprint density at radius 3 is 2.63 bits per heavy atom. The van der Waals surface area contributed by atoms with E-state index in [1.165, 1.54) is 51.5 Å². The molecular formula is C23H23ClN2O9. The van der Waals surface area contributed by atoms with Crippen LogP contribution in [0.1, 0.15) is 35.7 Å². The fraction of sp³-hybridized carbons (Fsp3) is 0.304. The predicted molar refractivity (Wildman–Crippen MR) is 122 cm³/mol. The molecule has 1 aliphatic rings. The van der Waals surface area contributed by atoms with E-state index in [1.807, 2.05) is 0 Å². The van der Waals surface area contributed by atoms with Crippen molar-refractivity contribution in [2.24, 2.45) is 0 Å². The van der Waals surface area contributed by atoms with Gasteiger partial charge in [-0.1, -0.05) is 11.6 Å².